The maximum Gasteiger partial charge on any atom is 0.325 e. The number of anilines is 1. The number of sulfonamides is 1. The molecule has 44 heavy (non-hydrogen) atoms. The number of hydrogen-bond acceptors (Lipinski definition) is 8. The maximum atomic E-state index is 14.3. The van der Waals surface area contributed by atoms with Crippen LogP contribution in [0.2, 0.25) is 0 Å². The fourth-order valence-corrected chi connectivity index (χ4v) is 7.96. The number of hydrogen-bond donors (Lipinski definition) is 2. The van der Waals surface area contributed by atoms with Crippen molar-refractivity contribution in [2.45, 2.75) is 111 Å². The number of amides is 1. The van der Waals surface area contributed by atoms with E-state index in [1.807, 2.05) is 46.8 Å². The van der Waals surface area contributed by atoms with Crippen molar-refractivity contribution >= 4 is 27.7 Å². The second-order valence-electron chi connectivity index (χ2n) is 13.9. The van der Waals surface area contributed by atoms with Crippen LogP contribution in [0.1, 0.15) is 92.3 Å². The Hall–Kier alpha value is -3.18. The third-order valence-electron chi connectivity index (χ3n) is 8.46. The van der Waals surface area contributed by atoms with Crippen LogP contribution in [0.4, 0.5) is 5.82 Å². The first-order valence-electron chi connectivity index (χ1n) is 15.4. The van der Waals surface area contributed by atoms with Crippen LogP contribution in [-0.4, -0.2) is 55.6 Å². The first-order chi connectivity index (χ1) is 20.3. The number of ether oxygens (including phenoxy) is 2. The minimum Gasteiger partial charge on any atom is -0.483 e. The van der Waals surface area contributed by atoms with Crippen LogP contribution in [0.15, 0.2) is 46.1 Å². The Morgan fingerprint density at radius 1 is 1.16 bits per heavy atom. The number of nitrogens with one attached hydrogen (secondary N) is 1. The lowest BCUT2D eigenvalue weighted by Crippen LogP contribution is -2.45. The number of esters is 1. The Balaban J connectivity index is 1.40. The number of pyridine rings is 1. The molecular weight excluding hydrogens is 580 g/mol. The van der Waals surface area contributed by atoms with Gasteiger partial charge in [-0.25, -0.2) is 17.7 Å². The van der Waals surface area contributed by atoms with Gasteiger partial charge in [-0.3, -0.25) is 9.59 Å². The van der Waals surface area contributed by atoms with Crippen LogP contribution in [0, 0.1) is 5.41 Å². The molecule has 0 spiro atoms. The molecule has 242 valence electrons. The summed E-state index contributed by atoms with van der Waals surface area (Å²) in [6, 6.07) is 2.99. The lowest BCUT2D eigenvalue weighted by atomic mass is 9.76. The molecule has 1 unspecified atom stereocenters. The number of fused-ring (bicyclic) bond motifs is 2. The first-order valence-corrected chi connectivity index (χ1v) is 16.9. The molecule has 10 nitrogen and oxygen atoms in total. The topological polar surface area (TPSA) is 141 Å². The van der Waals surface area contributed by atoms with E-state index in [4.69, 9.17) is 20.2 Å². The quantitative estimate of drug-likeness (QED) is 0.283. The second-order valence-corrected chi connectivity index (χ2v) is 15.7. The molecule has 0 aromatic carbocycles. The number of allylic oxidation sites excluding steroid dienone is 4. The molecule has 3 aliphatic rings. The van der Waals surface area contributed by atoms with Crippen molar-refractivity contribution in [1.82, 2.24) is 10.3 Å². The van der Waals surface area contributed by atoms with Gasteiger partial charge in [0, 0.05) is 36.2 Å². The average molecular weight is 629 g/mol. The lowest BCUT2D eigenvalue weighted by Gasteiger charge is -2.37. The highest BCUT2D eigenvalue weighted by Crippen LogP contribution is 2.53. The number of carbonyl (C=O) groups is 2. The number of aryl methyl sites for hydroxylation is 2. The second kappa shape index (κ2) is 12.3. The summed E-state index contributed by atoms with van der Waals surface area (Å²) in [6.45, 7) is 15.6. The number of nitrogens with two attached hydrogens (primary N) is 1. The van der Waals surface area contributed by atoms with Gasteiger partial charge >= 0.3 is 5.97 Å². The Labute approximate surface area is 262 Å². The fourth-order valence-electron chi connectivity index (χ4n) is 5.98. The number of rotatable bonds is 10. The average Bonchev–Trinajstić information content (AvgIpc) is 3.16. The van der Waals surface area contributed by atoms with E-state index in [2.05, 4.69) is 5.32 Å². The molecule has 4 rings (SSSR count). The Morgan fingerprint density at radius 3 is 2.55 bits per heavy atom. The SMILES string of the molecule is CC1=C2C(=CC=C(S(=O)(=O)N3CCCc4ccc(CCCCC(=O)NCC(N)C(=O)OC(C)(C)C)nc43)C2(C)C)OC1(C)C. The number of unbranched alkanes of at least 4 members (excludes halogenated alkanes) is 1. The van der Waals surface area contributed by atoms with Gasteiger partial charge in [-0.05, 0) is 103 Å². The van der Waals surface area contributed by atoms with Gasteiger partial charge in [-0.1, -0.05) is 19.9 Å². The van der Waals surface area contributed by atoms with Crippen LogP contribution in [0.25, 0.3) is 0 Å². The highest BCUT2D eigenvalue weighted by Gasteiger charge is 2.49. The molecule has 0 saturated heterocycles. The third-order valence-corrected chi connectivity index (χ3v) is 10.6. The summed E-state index contributed by atoms with van der Waals surface area (Å²) in [4.78, 5) is 29.5. The van der Waals surface area contributed by atoms with Gasteiger partial charge in [0.2, 0.25) is 5.91 Å². The first kappa shape index (κ1) is 33.7. The summed E-state index contributed by atoms with van der Waals surface area (Å²) in [5.41, 5.74) is 7.59. The van der Waals surface area contributed by atoms with Crippen LogP contribution in [0.3, 0.4) is 0 Å². The number of aromatic nitrogens is 1. The van der Waals surface area contributed by atoms with E-state index in [1.165, 1.54) is 4.31 Å². The Bertz CT molecular complexity index is 1510. The molecule has 1 aromatic heterocycles. The largest absolute Gasteiger partial charge is 0.483 e. The van der Waals surface area contributed by atoms with E-state index >= 15 is 0 Å². The molecule has 0 bridgehead atoms. The molecule has 1 aliphatic carbocycles. The molecule has 11 heteroatoms. The van der Waals surface area contributed by atoms with E-state index in [0.717, 1.165) is 34.6 Å². The van der Waals surface area contributed by atoms with Crippen molar-refractivity contribution in [3.8, 4) is 0 Å². The summed E-state index contributed by atoms with van der Waals surface area (Å²) in [5, 5.41) is 2.70. The summed E-state index contributed by atoms with van der Waals surface area (Å²) in [5.74, 6) is 0.473. The number of nitrogens with zero attached hydrogens (tertiary/aromatic N) is 2. The van der Waals surface area contributed by atoms with Crippen molar-refractivity contribution in [2.24, 2.45) is 11.1 Å². The highest BCUT2D eigenvalue weighted by atomic mass is 32.2. The predicted molar refractivity (Wildman–Crippen MR) is 171 cm³/mol. The normalized spacial score (nSPS) is 19.7. The molecule has 1 amide bonds. The third kappa shape index (κ3) is 7.04. The van der Waals surface area contributed by atoms with Crippen molar-refractivity contribution in [1.29, 1.82) is 0 Å². The van der Waals surface area contributed by atoms with E-state index < -0.39 is 38.7 Å². The molecule has 0 saturated carbocycles. The van der Waals surface area contributed by atoms with Gasteiger partial charge in [0.1, 0.15) is 28.8 Å². The summed E-state index contributed by atoms with van der Waals surface area (Å²) in [6.07, 6.45) is 7.13. The molecule has 3 N–H and O–H groups in total. The molecule has 0 fully saturated rings. The van der Waals surface area contributed by atoms with Crippen LogP contribution in [0.5, 0.6) is 0 Å². The number of carbonyl (C=O) groups excluding carboxylic acids is 2. The van der Waals surface area contributed by atoms with Gasteiger partial charge in [0.15, 0.2) is 0 Å². The highest BCUT2D eigenvalue weighted by molar-refractivity contribution is 7.96. The van der Waals surface area contributed by atoms with Crippen LogP contribution >= 0.6 is 0 Å². The minimum absolute atomic E-state index is 0.0103. The Kier molecular flexibility index (Phi) is 9.43. The van der Waals surface area contributed by atoms with Gasteiger partial charge < -0.3 is 20.5 Å². The van der Waals surface area contributed by atoms with Gasteiger partial charge in [0.05, 0.1) is 4.91 Å². The smallest absolute Gasteiger partial charge is 0.325 e. The van der Waals surface area contributed by atoms with Gasteiger partial charge in [-0.15, -0.1) is 0 Å². The Morgan fingerprint density at radius 2 is 1.86 bits per heavy atom. The summed E-state index contributed by atoms with van der Waals surface area (Å²) >= 11 is 0. The van der Waals surface area contributed by atoms with Crippen molar-refractivity contribution in [2.75, 3.05) is 17.4 Å². The zero-order valence-electron chi connectivity index (χ0n) is 27.4. The monoisotopic (exact) mass is 628 g/mol. The van der Waals surface area contributed by atoms with Crippen LogP contribution in [-0.2, 0) is 41.9 Å². The van der Waals surface area contributed by atoms with Crippen LogP contribution < -0.4 is 15.4 Å². The molecule has 0 radical (unpaired) electrons. The maximum absolute atomic E-state index is 14.3. The fraction of sp³-hybridized carbons (Fsp3) is 0.606. The van der Waals surface area contributed by atoms with E-state index in [1.54, 1.807) is 32.9 Å². The molecular formula is C33H48N4O6S. The van der Waals surface area contributed by atoms with Gasteiger partial charge in [0.25, 0.3) is 10.0 Å². The zero-order valence-corrected chi connectivity index (χ0v) is 28.2. The van der Waals surface area contributed by atoms with E-state index in [-0.39, 0.29) is 18.9 Å². The summed E-state index contributed by atoms with van der Waals surface area (Å²) in [7, 11) is -3.89. The standard InChI is InChI=1S/C33H48N4O6S/c1-21-28-25(42-33(21,7)8)17-18-26(32(28,5)6)44(40,41)37-19-11-12-22-15-16-23(36-29(22)37)13-9-10-14-27(38)35-20-24(34)30(39)43-31(2,3)4/h15-18,24H,9-14,19-20,34H2,1-8H3,(H,35,38). The molecule has 3 heterocycles. The molecule has 1 aromatic rings. The van der Waals surface area contributed by atoms with Crippen molar-refractivity contribution in [3.05, 3.63) is 57.4 Å². The van der Waals surface area contributed by atoms with E-state index in [0.29, 0.717) is 43.0 Å². The van der Waals surface area contributed by atoms with E-state index in [9.17, 15) is 18.0 Å². The summed E-state index contributed by atoms with van der Waals surface area (Å²) < 4.78 is 41.4. The lowest BCUT2D eigenvalue weighted by molar-refractivity contribution is -0.156. The van der Waals surface area contributed by atoms with Crippen molar-refractivity contribution < 1.29 is 27.5 Å². The molecule has 2 aliphatic heterocycles. The molecule has 1 atom stereocenters. The van der Waals surface area contributed by atoms with Gasteiger partial charge in [-0.2, -0.15) is 0 Å². The van der Waals surface area contributed by atoms with Crippen molar-refractivity contribution in [3.63, 3.8) is 0 Å². The minimum atomic E-state index is -3.89. The zero-order chi connectivity index (χ0) is 32.7. The predicted octanol–water partition coefficient (Wildman–Crippen LogP) is 4.59.